The molecule has 0 atom stereocenters. The van der Waals surface area contributed by atoms with Crippen LogP contribution in [-0.4, -0.2) is 40.6 Å². The molecule has 1 fully saturated rings. The highest BCUT2D eigenvalue weighted by Crippen LogP contribution is 2.31. The number of benzene rings is 2. The van der Waals surface area contributed by atoms with E-state index in [1.807, 2.05) is 61.5 Å². The van der Waals surface area contributed by atoms with Crippen molar-refractivity contribution < 1.29 is 9.53 Å². The van der Waals surface area contributed by atoms with Crippen molar-refractivity contribution in [2.24, 2.45) is 5.92 Å². The number of anilines is 2. The molecule has 1 saturated heterocycles. The van der Waals surface area contributed by atoms with Crippen LogP contribution in [0.4, 0.5) is 10.9 Å². The molecule has 0 radical (unpaired) electrons. The zero-order chi connectivity index (χ0) is 21.2. The van der Waals surface area contributed by atoms with E-state index in [-0.39, 0.29) is 11.8 Å². The summed E-state index contributed by atoms with van der Waals surface area (Å²) in [5, 5.41) is 3.57. The van der Waals surface area contributed by atoms with Crippen LogP contribution in [0.25, 0.3) is 21.5 Å². The molecule has 0 saturated carbocycles. The van der Waals surface area contributed by atoms with Crippen molar-refractivity contribution in [3.8, 4) is 17.0 Å². The van der Waals surface area contributed by atoms with Crippen LogP contribution in [0.2, 0.25) is 0 Å². The molecule has 3 heterocycles. The highest BCUT2D eigenvalue weighted by molar-refractivity contribution is 7.22. The lowest BCUT2D eigenvalue weighted by Crippen LogP contribution is -2.52. The second kappa shape index (κ2) is 8.31. The fraction of sp³-hybridized carbons (Fsp3) is 0.217. The van der Waals surface area contributed by atoms with Gasteiger partial charge >= 0.3 is 0 Å². The molecule has 0 unspecified atom stereocenters. The predicted molar refractivity (Wildman–Crippen MR) is 123 cm³/mol. The van der Waals surface area contributed by atoms with Gasteiger partial charge in [-0.2, -0.15) is 0 Å². The monoisotopic (exact) mass is 431 g/mol. The molecular weight excluding hydrogens is 410 g/mol. The van der Waals surface area contributed by atoms with Crippen LogP contribution in [0.3, 0.4) is 0 Å². The summed E-state index contributed by atoms with van der Waals surface area (Å²) in [4.78, 5) is 28.0. The minimum absolute atomic E-state index is 0.0160. The molecule has 1 N–H and O–H groups in total. The third-order valence-corrected chi connectivity index (χ3v) is 6.13. The first-order valence-corrected chi connectivity index (χ1v) is 11.0. The lowest BCUT2D eigenvalue weighted by molar-refractivity contribution is -0.120. The Morgan fingerprint density at radius 1 is 1.16 bits per heavy atom. The number of hydrogen-bond donors (Lipinski definition) is 1. The van der Waals surface area contributed by atoms with E-state index >= 15 is 0 Å². The standard InChI is InChI=1S/C23H21N5O2S/c1-2-30-17-8-9-18-20(10-17)31-23(26-18)27-22(29)16-12-28(13-16)21-11-19(24-14-25-21)15-6-4-3-5-7-15/h3-11,14,16H,2,12-13H2,1H3,(H,26,27,29). The van der Waals surface area contributed by atoms with Crippen LogP contribution < -0.4 is 15.0 Å². The van der Waals surface area contributed by atoms with Gasteiger partial charge in [0.1, 0.15) is 17.9 Å². The zero-order valence-corrected chi connectivity index (χ0v) is 17.8. The Morgan fingerprint density at radius 2 is 2.00 bits per heavy atom. The van der Waals surface area contributed by atoms with Gasteiger partial charge in [0.05, 0.1) is 28.4 Å². The fourth-order valence-corrected chi connectivity index (χ4v) is 4.44. The molecule has 0 bridgehead atoms. The number of carbonyl (C=O) groups excluding carboxylic acids is 1. The molecule has 0 spiro atoms. The molecule has 0 aliphatic carbocycles. The number of nitrogens with one attached hydrogen (secondary N) is 1. The van der Waals surface area contributed by atoms with E-state index < -0.39 is 0 Å². The van der Waals surface area contributed by atoms with Crippen LogP contribution >= 0.6 is 11.3 Å². The van der Waals surface area contributed by atoms with Crippen molar-refractivity contribution in [2.45, 2.75) is 6.92 Å². The molecule has 2 aromatic heterocycles. The molecule has 7 nitrogen and oxygen atoms in total. The molecule has 1 amide bonds. The Kier molecular flexibility index (Phi) is 5.21. The molecule has 5 rings (SSSR count). The van der Waals surface area contributed by atoms with E-state index in [4.69, 9.17) is 4.74 Å². The summed E-state index contributed by atoms with van der Waals surface area (Å²) in [6, 6.07) is 17.7. The Balaban J connectivity index is 1.22. The van der Waals surface area contributed by atoms with Crippen molar-refractivity contribution in [2.75, 3.05) is 29.9 Å². The van der Waals surface area contributed by atoms with E-state index in [2.05, 4.69) is 25.2 Å². The molecular formula is C23H21N5O2S. The molecule has 2 aromatic carbocycles. The van der Waals surface area contributed by atoms with E-state index in [9.17, 15) is 4.79 Å². The summed E-state index contributed by atoms with van der Waals surface area (Å²) in [5.41, 5.74) is 2.78. The van der Waals surface area contributed by atoms with Gasteiger partial charge in [0, 0.05) is 24.7 Å². The number of carbonyl (C=O) groups is 1. The van der Waals surface area contributed by atoms with Gasteiger partial charge in [0.15, 0.2) is 5.13 Å². The van der Waals surface area contributed by atoms with E-state index in [0.717, 1.165) is 33.0 Å². The molecule has 1 aliphatic heterocycles. The molecule has 1 aliphatic rings. The maximum atomic E-state index is 12.7. The summed E-state index contributed by atoms with van der Waals surface area (Å²) < 4.78 is 6.53. The third kappa shape index (κ3) is 4.06. The van der Waals surface area contributed by atoms with Crippen molar-refractivity contribution in [1.29, 1.82) is 0 Å². The normalized spacial score (nSPS) is 13.8. The number of nitrogens with zero attached hydrogens (tertiary/aromatic N) is 4. The number of ether oxygens (including phenoxy) is 1. The Labute approximate surface area is 183 Å². The highest BCUT2D eigenvalue weighted by atomic mass is 32.1. The summed E-state index contributed by atoms with van der Waals surface area (Å²) in [5.74, 6) is 1.53. The smallest absolute Gasteiger partial charge is 0.232 e. The van der Waals surface area contributed by atoms with E-state index in [1.54, 1.807) is 6.33 Å². The third-order valence-electron chi connectivity index (χ3n) is 5.20. The minimum Gasteiger partial charge on any atom is -0.494 e. The molecule has 31 heavy (non-hydrogen) atoms. The molecule has 8 heteroatoms. The van der Waals surface area contributed by atoms with E-state index in [0.29, 0.717) is 24.8 Å². The fourth-order valence-electron chi connectivity index (χ4n) is 3.54. The van der Waals surface area contributed by atoms with E-state index in [1.165, 1.54) is 11.3 Å². The van der Waals surface area contributed by atoms with Crippen LogP contribution in [0.1, 0.15) is 6.92 Å². The molecule has 156 valence electrons. The minimum atomic E-state index is -0.0962. The first kappa shape index (κ1) is 19.4. The number of amides is 1. The van der Waals surface area contributed by atoms with Crippen molar-refractivity contribution in [3.63, 3.8) is 0 Å². The summed E-state index contributed by atoms with van der Waals surface area (Å²) in [7, 11) is 0. The first-order valence-electron chi connectivity index (χ1n) is 10.2. The van der Waals surface area contributed by atoms with Crippen molar-refractivity contribution in [3.05, 3.63) is 60.9 Å². The average Bonchev–Trinajstić information content (AvgIpc) is 3.15. The van der Waals surface area contributed by atoms with Gasteiger partial charge in [-0.15, -0.1) is 0 Å². The summed E-state index contributed by atoms with van der Waals surface area (Å²) >= 11 is 1.46. The van der Waals surface area contributed by atoms with Crippen LogP contribution in [-0.2, 0) is 4.79 Å². The number of aromatic nitrogens is 3. The second-order valence-electron chi connectivity index (χ2n) is 7.30. The summed E-state index contributed by atoms with van der Waals surface area (Å²) in [6.45, 7) is 3.81. The van der Waals surface area contributed by atoms with Gasteiger partial charge < -0.3 is 15.0 Å². The number of hydrogen-bond acceptors (Lipinski definition) is 7. The maximum Gasteiger partial charge on any atom is 0.232 e. The van der Waals surface area contributed by atoms with Crippen LogP contribution in [0, 0.1) is 5.92 Å². The molecule has 4 aromatic rings. The lowest BCUT2D eigenvalue weighted by Gasteiger charge is -2.38. The predicted octanol–water partition coefficient (Wildman–Crippen LogP) is 4.23. The van der Waals surface area contributed by atoms with Gasteiger partial charge in [-0.05, 0) is 25.1 Å². The number of rotatable bonds is 6. The Hall–Kier alpha value is -3.52. The SMILES string of the molecule is CCOc1ccc2nc(NC(=O)C3CN(c4cc(-c5ccccc5)ncn4)C3)sc2c1. The number of thiazole rings is 1. The van der Waals surface area contributed by atoms with Gasteiger partial charge in [-0.25, -0.2) is 15.0 Å². The zero-order valence-electron chi connectivity index (χ0n) is 17.0. The van der Waals surface area contributed by atoms with Crippen LogP contribution in [0.15, 0.2) is 60.9 Å². The van der Waals surface area contributed by atoms with Gasteiger partial charge in [-0.3, -0.25) is 4.79 Å². The van der Waals surface area contributed by atoms with Crippen LogP contribution in [0.5, 0.6) is 5.75 Å². The van der Waals surface area contributed by atoms with Crippen molar-refractivity contribution >= 4 is 38.4 Å². The highest BCUT2D eigenvalue weighted by Gasteiger charge is 2.34. The average molecular weight is 432 g/mol. The Bertz CT molecular complexity index is 1220. The van der Waals surface area contributed by atoms with Gasteiger partial charge in [0.25, 0.3) is 0 Å². The largest absolute Gasteiger partial charge is 0.494 e. The van der Waals surface area contributed by atoms with Gasteiger partial charge in [-0.1, -0.05) is 41.7 Å². The summed E-state index contributed by atoms with van der Waals surface area (Å²) in [6.07, 6.45) is 1.57. The first-order chi connectivity index (χ1) is 15.2. The lowest BCUT2D eigenvalue weighted by atomic mass is 9.99. The maximum absolute atomic E-state index is 12.7. The Morgan fingerprint density at radius 3 is 2.81 bits per heavy atom. The quantitative estimate of drug-likeness (QED) is 0.492. The van der Waals surface area contributed by atoms with Crippen molar-refractivity contribution in [1.82, 2.24) is 15.0 Å². The number of fused-ring (bicyclic) bond motifs is 1. The van der Waals surface area contributed by atoms with Gasteiger partial charge in [0.2, 0.25) is 5.91 Å². The second-order valence-corrected chi connectivity index (χ2v) is 8.33. The topological polar surface area (TPSA) is 80.2 Å².